The molecule has 0 aromatic heterocycles. The largest absolute Gasteiger partial charge is 0.493 e. The molecule has 0 fully saturated rings. The summed E-state index contributed by atoms with van der Waals surface area (Å²) in [6.45, 7) is 4.76. The van der Waals surface area contributed by atoms with E-state index in [2.05, 4.69) is 13.8 Å². The molecule has 0 atom stereocenters. The minimum Gasteiger partial charge on any atom is -0.493 e. The average Bonchev–Trinajstić information content (AvgIpc) is 2.34. The lowest BCUT2D eigenvalue weighted by Gasteiger charge is -2.12. The standard InChI is InChI=1S/C14H20ClNO2/c1-9(2)11(8-16)5-10-6-12(15)14(18-4)13(7-10)17-3/h5-7,9H,8,16H2,1-4H3. The smallest absolute Gasteiger partial charge is 0.179 e. The highest BCUT2D eigenvalue weighted by Gasteiger charge is 2.10. The summed E-state index contributed by atoms with van der Waals surface area (Å²) in [5.74, 6) is 1.58. The molecule has 1 rings (SSSR count). The first kappa shape index (κ1) is 14.9. The Morgan fingerprint density at radius 2 is 2.00 bits per heavy atom. The highest BCUT2D eigenvalue weighted by atomic mass is 35.5. The van der Waals surface area contributed by atoms with Crippen molar-refractivity contribution in [1.29, 1.82) is 0 Å². The fourth-order valence-corrected chi connectivity index (χ4v) is 1.99. The quantitative estimate of drug-likeness (QED) is 0.891. The molecule has 0 amide bonds. The Labute approximate surface area is 114 Å². The average molecular weight is 270 g/mol. The van der Waals surface area contributed by atoms with Gasteiger partial charge in [0.1, 0.15) is 0 Å². The molecule has 0 bridgehead atoms. The van der Waals surface area contributed by atoms with Gasteiger partial charge in [0.05, 0.1) is 19.2 Å². The maximum atomic E-state index is 6.15. The van der Waals surface area contributed by atoms with E-state index >= 15 is 0 Å². The van der Waals surface area contributed by atoms with Crippen LogP contribution in [0.3, 0.4) is 0 Å². The van der Waals surface area contributed by atoms with Crippen molar-refractivity contribution in [3.8, 4) is 11.5 Å². The predicted molar refractivity (Wildman–Crippen MR) is 76.4 cm³/mol. The van der Waals surface area contributed by atoms with Crippen LogP contribution in [0.1, 0.15) is 19.4 Å². The van der Waals surface area contributed by atoms with Crippen molar-refractivity contribution in [2.24, 2.45) is 11.7 Å². The van der Waals surface area contributed by atoms with Crippen molar-refractivity contribution in [2.45, 2.75) is 13.8 Å². The number of methoxy groups -OCH3 is 2. The number of hydrogen-bond acceptors (Lipinski definition) is 3. The van der Waals surface area contributed by atoms with Crippen LogP contribution in [0.15, 0.2) is 17.7 Å². The Morgan fingerprint density at radius 1 is 1.33 bits per heavy atom. The Morgan fingerprint density at radius 3 is 2.44 bits per heavy atom. The molecule has 0 saturated carbocycles. The molecule has 0 heterocycles. The molecule has 0 aliphatic carbocycles. The topological polar surface area (TPSA) is 44.5 Å². The lowest BCUT2D eigenvalue weighted by Crippen LogP contribution is -2.08. The van der Waals surface area contributed by atoms with Gasteiger partial charge in [-0.15, -0.1) is 0 Å². The summed E-state index contributed by atoms with van der Waals surface area (Å²) in [6, 6.07) is 3.74. The van der Waals surface area contributed by atoms with Crippen molar-refractivity contribution in [2.75, 3.05) is 20.8 Å². The Hall–Kier alpha value is -1.19. The number of ether oxygens (including phenoxy) is 2. The fraction of sp³-hybridized carbons (Fsp3) is 0.429. The molecule has 0 radical (unpaired) electrons. The molecule has 0 spiro atoms. The SMILES string of the molecule is COc1cc(C=C(CN)C(C)C)cc(Cl)c1OC. The van der Waals surface area contributed by atoms with Gasteiger partial charge in [-0.2, -0.15) is 0 Å². The first-order valence-corrected chi connectivity index (χ1v) is 6.23. The lowest BCUT2D eigenvalue weighted by atomic mass is 10.0. The number of rotatable bonds is 5. The summed E-state index contributed by atoms with van der Waals surface area (Å²) in [7, 11) is 3.16. The predicted octanol–water partition coefficient (Wildman–Crippen LogP) is 3.36. The lowest BCUT2D eigenvalue weighted by molar-refractivity contribution is 0.355. The van der Waals surface area contributed by atoms with E-state index in [1.165, 1.54) is 5.57 Å². The van der Waals surface area contributed by atoms with E-state index in [0.717, 1.165) is 5.56 Å². The van der Waals surface area contributed by atoms with Crippen LogP contribution in [0.2, 0.25) is 5.02 Å². The van der Waals surface area contributed by atoms with Crippen LogP contribution in [0, 0.1) is 5.92 Å². The van der Waals surface area contributed by atoms with Crippen LogP contribution in [-0.4, -0.2) is 20.8 Å². The van der Waals surface area contributed by atoms with Crippen LogP contribution < -0.4 is 15.2 Å². The van der Waals surface area contributed by atoms with Crippen LogP contribution >= 0.6 is 11.6 Å². The zero-order valence-electron chi connectivity index (χ0n) is 11.3. The first-order valence-electron chi connectivity index (χ1n) is 5.85. The van der Waals surface area contributed by atoms with Crippen LogP contribution in [0.5, 0.6) is 11.5 Å². The molecule has 0 saturated heterocycles. The van der Waals surface area contributed by atoms with Crippen molar-refractivity contribution >= 4 is 17.7 Å². The molecule has 18 heavy (non-hydrogen) atoms. The van der Waals surface area contributed by atoms with E-state index in [-0.39, 0.29) is 0 Å². The second kappa shape index (κ2) is 6.66. The number of halogens is 1. The third-order valence-electron chi connectivity index (χ3n) is 2.79. The number of nitrogens with two attached hydrogens (primary N) is 1. The highest BCUT2D eigenvalue weighted by Crippen LogP contribution is 2.36. The van der Waals surface area contributed by atoms with Gasteiger partial charge in [0, 0.05) is 6.54 Å². The van der Waals surface area contributed by atoms with Crippen LogP contribution in [-0.2, 0) is 0 Å². The summed E-state index contributed by atoms with van der Waals surface area (Å²) in [4.78, 5) is 0. The van der Waals surface area contributed by atoms with E-state index in [1.807, 2.05) is 18.2 Å². The first-order chi connectivity index (χ1) is 8.53. The molecule has 4 heteroatoms. The summed E-state index contributed by atoms with van der Waals surface area (Å²) in [5, 5.41) is 0.531. The van der Waals surface area contributed by atoms with Gasteiger partial charge in [0.2, 0.25) is 0 Å². The molecule has 1 aromatic carbocycles. The van der Waals surface area contributed by atoms with Crippen molar-refractivity contribution in [3.63, 3.8) is 0 Å². The molecule has 1 aromatic rings. The molecular weight excluding hydrogens is 250 g/mol. The van der Waals surface area contributed by atoms with Gasteiger partial charge in [-0.1, -0.05) is 37.1 Å². The minimum absolute atomic E-state index is 0.405. The molecule has 100 valence electrons. The molecular formula is C14H20ClNO2. The third kappa shape index (κ3) is 3.40. The van der Waals surface area contributed by atoms with Crippen LogP contribution in [0.4, 0.5) is 0 Å². The van der Waals surface area contributed by atoms with E-state index in [4.69, 9.17) is 26.8 Å². The van der Waals surface area contributed by atoms with Crippen LogP contribution in [0.25, 0.3) is 6.08 Å². The zero-order valence-corrected chi connectivity index (χ0v) is 12.0. The van der Waals surface area contributed by atoms with Gasteiger partial charge in [-0.3, -0.25) is 0 Å². The minimum atomic E-state index is 0.405. The number of hydrogen-bond donors (Lipinski definition) is 1. The highest BCUT2D eigenvalue weighted by molar-refractivity contribution is 6.32. The summed E-state index contributed by atoms with van der Waals surface area (Å²) in [6.07, 6.45) is 2.04. The second-order valence-corrected chi connectivity index (χ2v) is 4.72. The Balaban J connectivity index is 3.23. The van der Waals surface area contributed by atoms with Crippen molar-refractivity contribution < 1.29 is 9.47 Å². The van der Waals surface area contributed by atoms with Gasteiger partial charge < -0.3 is 15.2 Å². The van der Waals surface area contributed by atoms with Gasteiger partial charge in [-0.25, -0.2) is 0 Å². The maximum Gasteiger partial charge on any atom is 0.179 e. The monoisotopic (exact) mass is 269 g/mol. The normalized spacial score (nSPS) is 11.8. The fourth-order valence-electron chi connectivity index (χ4n) is 1.70. The van der Waals surface area contributed by atoms with Gasteiger partial charge in [-0.05, 0) is 23.6 Å². The second-order valence-electron chi connectivity index (χ2n) is 4.32. The Kier molecular flexibility index (Phi) is 5.51. The van der Waals surface area contributed by atoms with Crippen molar-refractivity contribution in [3.05, 3.63) is 28.3 Å². The van der Waals surface area contributed by atoms with Gasteiger partial charge in [0.25, 0.3) is 0 Å². The molecule has 0 unspecified atom stereocenters. The van der Waals surface area contributed by atoms with E-state index in [9.17, 15) is 0 Å². The van der Waals surface area contributed by atoms with E-state index in [0.29, 0.717) is 29.0 Å². The van der Waals surface area contributed by atoms with Crippen molar-refractivity contribution in [1.82, 2.24) is 0 Å². The molecule has 2 N–H and O–H groups in total. The van der Waals surface area contributed by atoms with E-state index in [1.54, 1.807) is 14.2 Å². The number of benzene rings is 1. The summed E-state index contributed by atoms with van der Waals surface area (Å²) in [5.41, 5.74) is 7.86. The summed E-state index contributed by atoms with van der Waals surface area (Å²) >= 11 is 6.15. The van der Waals surface area contributed by atoms with E-state index < -0.39 is 0 Å². The zero-order chi connectivity index (χ0) is 13.7. The molecule has 0 aliphatic rings. The molecule has 0 aliphatic heterocycles. The Bertz CT molecular complexity index is 442. The maximum absolute atomic E-state index is 6.15. The molecule has 3 nitrogen and oxygen atoms in total. The summed E-state index contributed by atoms with van der Waals surface area (Å²) < 4.78 is 10.5. The van der Waals surface area contributed by atoms with Gasteiger partial charge in [0.15, 0.2) is 11.5 Å². The van der Waals surface area contributed by atoms with Gasteiger partial charge >= 0.3 is 0 Å². The third-order valence-corrected chi connectivity index (χ3v) is 3.07.